The highest BCUT2D eigenvalue weighted by Crippen LogP contribution is 2.22. The monoisotopic (exact) mass is 286 g/mol. The van der Waals surface area contributed by atoms with E-state index in [4.69, 9.17) is 10.5 Å². The summed E-state index contributed by atoms with van der Waals surface area (Å²) in [4.78, 5) is 12.1. The molecule has 0 fully saturated rings. The summed E-state index contributed by atoms with van der Waals surface area (Å²) in [6.07, 6.45) is 2.43. The lowest BCUT2D eigenvalue weighted by Crippen LogP contribution is -2.26. The van der Waals surface area contributed by atoms with Crippen molar-refractivity contribution in [2.75, 3.05) is 25.6 Å². The predicted octanol–water partition coefficient (Wildman–Crippen LogP) is -1.03. The highest BCUT2D eigenvalue weighted by molar-refractivity contribution is 7.88. The van der Waals surface area contributed by atoms with E-state index < -0.39 is 10.0 Å². The van der Waals surface area contributed by atoms with Gasteiger partial charge in [0.05, 0.1) is 13.4 Å². The van der Waals surface area contributed by atoms with Crippen molar-refractivity contribution < 1.29 is 13.2 Å². The molecule has 0 aliphatic carbocycles. The van der Waals surface area contributed by atoms with Gasteiger partial charge in [-0.05, 0) is 0 Å². The number of hydrogen-bond acceptors (Lipinski definition) is 7. The molecule has 0 saturated heterocycles. The number of nitrogen functional groups attached to an aromatic ring is 1. The molecule has 2 aromatic rings. The molecule has 10 heteroatoms. The average molecular weight is 286 g/mol. The maximum Gasteiger partial charge on any atom is 0.245 e. The molecular formula is C9H14N6O3S. The summed E-state index contributed by atoms with van der Waals surface area (Å²) in [7, 11) is -1.76. The fraction of sp³-hybridized carbons (Fsp3) is 0.444. The van der Waals surface area contributed by atoms with Crippen LogP contribution in [0.4, 0.5) is 5.95 Å². The fourth-order valence-corrected chi connectivity index (χ4v) is 2.11. The van der Waals surface area contributed by atoms with Crippen LogP contribution in [0.1, 0.15) is 0 Å². The molecule has 0 unspecified atom stereocenters. The minimum absolute atomic E-state index is 0.195. The summed E-state index contributed by atoms with van der Waals surface area (Å²) in [6, 6.07) is 0. The van der Waals surface area contributed by atoms with E-state index in [0.29, 0.717) is 23.6 Å². The van der Waals surface area contributed by atoms with Gasteiger partial charge in [0.15, 0.2) is 11.2 Å². The molecule has 104 valence electrons. The molecule has 2 rings (SSSR count). The maximum absolute atomic E-state index is 11.0. The SMILES string of the molecule is COc1ncnc2c1nc(N)n2CCNS(C)(=O)=O. The number of imidazole rings is 1. The number of ether oxygens (including phenoxy) is 1. The second-order valence-corrected chi connectivity index (χ2v) is 5.68. The Hall–Kier alpha value is -1.94. The van der Waals surface area contributed by atoms with Crippen LogP contribution in [-0.2, 0) is 16.6 Å². The molecule has 0 aromatic carbocycles. The van der Waals surface area contributed by atoms with Crippen LogP contribution in [0.2, 0.25) is 0 Å². The summed E-state index contributed by atoms with van der Waals surface area (Å²) >= 11 is 0. The zero-order valence-electron chi connectivity index (χ0n) is 10.5. The highest BCUT2D eigenvalue weighted by Gasteiger charge is 2.14. The highest BCUT2D eigenvalue weighted by atomic mass is 32.2. The van der Waals surface area contributed by atoms with Gasteiger partial charge in [0.1, 0.15) is 6.33 Å². The van der Waals surface area contributed by atoms with Gasteiger partial charge in [0, 0.05) is 13.1 Å². The minimum atomic E-state index is -3.24. The third kappa shape index (κ3) is 2.90. The van der Waals surface area contributed by atoms with Gasteiger partial charge in [-0.25, -0.2) is 23.1 Å². The molecule has 0 bridgehead atoms. The number of nitrogens with one attached hydrogen (secondary N) is 1. The third-order valence-corrected chi connectivity index (χ3v) is 3.15. The second kappa shape index (κ2) is 4.97. The van der Waals surface area contributed by atoms with Gasteiger partial charge in [-0.3, -0.25) is 4.57 Å². The number of aromatic nitrogens is 4. The van der Waals surface area contributed by atoms with Crippen molar-refractivity contribution in [1.29, 1.82) is 0 Å². The summed E-state index contributed by atoms with van der Waals surface area (Å²) in [5.74, 6) is 0.552. The number of methoxy groups -OCH3 is 1. The Bertz CT molecular complexity index is 695. The molecular weight excluding hydrogens is 272 g/mol. The van der Waals surface area contributed by atoms with Gasteiger partial charge in [0.25, 0.3) is 0 Å². The van der Waals surface area contributed by atoms with Crippen LogP contribution in [0.15, 0.2) is 6.33 Å². The second-order valence-electron chi connectivity index (χ2n) is 3.84. The van der Waals surface area contributed by atoms with Crippen molar-refractivity contribution in [3.8, 4) is 5.88 Å². The summed E-state index contributed by atoms with van der Waals surface area (Å²) < 4.78 is 31.0. The molecule has 0 amide bonds. The van der Waals surface area contributed by atoms with E-state index in [-0.39, 0.29) is 12.5 Å². The normalized spacial score (nSPS) is 11.9. The molecule has 3 N–H and O–H groups in total. The maximum atomic E-state index is 11.0. The van der Waals surface area contributed by atoms with Crippen molar-refractivity contribution >= 4 is 27.1 Å². The Labute approximate surface area is 109 Å². The molecule has 0 spiro atoms. The Kier molecular flexibility index (Phi) is 3.53. The van der Waals surface area contributed by atoms with Crippen molar-refractivity contribution in [3.63, 3.8) is 0 Å². The van der Waals surface area contributed by atoms with Crippen LogP contribution in [0.3, 0.4) is 0 Å². The zero-order chi connectivity index (χ0) is 14.0. The summed E-state index contributed by atoms with van der Waals surface area (Å²) in [5.41, 5.74) is 6.72. The molecule has 19 heavy (non-hydrogen) atoms. The van der Waals surface area contributed by atoms with Gasteiger partial charge in [0.2, 0.25) is 21.9 Å². The van der Waals surface area contributed by atoms with Gasteiger partial charge < -0.3 is 10.5 Å². The Morgan fingerprint density at radius 3 is 2.84 bits per heavy atom. The number of nitrogens with two attached hydrogens (primary N) is 1. The number of nitrogens with zero attached hydrogens (tertiary/aromatic N) is 4. The lowest BCUT2D eigenvalue weighted by molar-refractivity contribution is 0.401. The lowest BCUT2D eigenvalue weighted by Gasteiger charge is -2.06. The molecule has 0 saturated carbocycles. The number of fused-ring (bicyclic) bond motifs is 1. The average Bonchev–Trinajstić information content (AvgIpc) is 2.64. The molecule has 0 aliphatic heterocycles. The third-order valence-electron chi connectivity index (χ3n) is 2.42. The summed E-state index contributed by atoms with van der Waals surface area (Å²) in [6.45, 7) is 0.510. The Morgan fingerprint density at radius 2 is 2.21 bits per heavy atom. The first-order valence-electron chi connectivity index (χ1n) is 5.37. The van der Waals surface area contributed by atoms with Crippen molar-refractivity contribution in [1.82, 2.24) is 24.2 Å². The molecule has 0 aliphatic rings. The van der Waals surface area contributed by atoms with Gasteiger partial charge in [-0.1, -0.05) is 0 Å². The Morgan fingerprint density at radius 1 is 1.47 bits per heavy atom. The van der Waals surface area contributed by atoms with E-state index in [1.807, 2.05) is 0 Å². The number of rotatable bonds is 5. The first-order chi connectivity index (χ1) is 8.92. The zero-order valence-corrected chi connectivity index (χ0v) is 11.3. The quantitative estimate of drug-likeness (QED) is 0.719. The van der Waals surface area contributed by atoms with Crippen molar-refractivity contribution in [2.24, 2.45) is 0 Å². The van der Waals surface area contributed by atoms with E-state index in [1.165, 1.54) is 13.4 Å². The molecule has 2 heterocycles. The topological polar surface area (TPSA) is 125 Å². The standard InChI is InChI=1S/C9H14N6O3S/c1-18-8-6-7(11-5-12-8)15(9(10)14-6)4-3-13-19(2,16)17/h5,13H,3-4H2,1-2H3,(H2,10,14). The Balaban J connectivity index is 2.31. The van der Waals surface area contributed by atoms with E-state index >= 15 is 0 Å². The van der Waals surface area contributed by atoms with E-state index in [2.05, 4.69) is 19.7 Å². The smallest absolute Gasteiger partial charge is 0.245 e. The first kappa shape index (κ1) is 13.5. The number of sulfonamides is 1. The van der Waals surface area contributed by atoms with Crippen molar-refractivity contribution in [2.45, 2.75) is 6.54 Å². The number of hydrogen-bond donors (Lipinski definition) is 2. The van der Waals surface area contributed by atoms with Crippen LogP contribution < -0.4 is 15.2 Å². The molecule has 9 nitrogen and oxygen atoms in total. The number of anilines is 1. The molecule has 2 aromatic heterocycles. The fourth-order valence-electron chi connectivity index (χ4n) is 1.65. The largest absolute Gasteiger partial charge is 0.479 e. The van der Waals surface area contributed by atoms with Crippen LogP contribution in [0.5, 0.6) is 5.88 Å². The molecule has 0 radical (unpaired) electrons. The van der Waals surface area contributed by atoms with Gasteiger partial charge >= 0.3 is 0 Å². The van der Waals surface area contributed by atoms with E-state index in [9.17, 15) is 8.42 Å². The van der Waals surface area contributed by atoms with Gasteiger partial charge in [-0.15, -0.1) is 0 Å². The first-order valence-corrected chi connectivity index (χ1v) is 7.27. The van der Waals surface area contributed by atoms with Crippen LogP contribution in [-0.4, -0.2) is 47.8 Å². The minimum Gasteiger partial charge on any atom is -0.479 e. The molecule has 0 atom stereocenters. The van der Waals surface area contributed by atoms with Crippen LogP contribution in [0, 0.1) is 0 Å². The van der Waals surface area contributed by atoms with Gasteiger partial charge in [-0.2, -0.15) is 4.98 Å². The van der Waals surface area contributed by atoms with E-state index in [0.717, 1.165) is 6.26 Å². The van der Waals surface area contributed by atoms with Crippen LogP contribution in [0.25, 0.3) is 11.2 Å². The van der Waals surface area contributed by atoms with Crippen LogP contribution >= 0.6 is 0 Å². The van der Waals surface area contributed by atoms with Crippen molar-refractivity contribution in [3.05, 3.63) is 6.33 Å². The predicted molar refractivity (Wildman–Crippen MR) is 69.1 cm³/mol. The van der Waals surface area contributed by atoms with E-state index in [1.54, 1.807) is 4.57 Å². The lowest BCUT2D eigenvalue weighted by atomic mass is 10.5. The summed E-state index contributed by atoms with van der Waals surface area (Å²) in [5, 5.41) is 0.